The minimum Gasteiger partial charge on any atom is -0.508 e. The quantitative estimate of drug-likeness (QED) is 0.537. The van der Waals surface area contributed by atoms with Crippen LogP contribution >= 0.6 is 0 Å². The van der Waals surface area contributed by atoms with Gasteiger partial charge in [0.05, 0.1) is 0 Å². The van der Waals surface area contributed by atoms with Crippen LogP contribution in [0.15, 0.2) is 42.2 Å². The third-order valence-electron chi connectivity index (χ3n) is 2.02. The molecule has 0 fully saturated rings. The van der Waals surface area contributed by atoms with Crippen molar-refractivity contribution in [3.63, 3.8) is 0 Å². The molecule has 1 N–H and O–H groups in total. The molecule has 1 aromatic carbocycles. The Hall–Kier alpha value is -1.50. The molecule has 1 aromatic rings. The molecule has 0 bridgehead atoms. The van der Waals surface area contributed by atoms with Crippen LogP contribution in [0, 0.1) is 6.92 Å². The van der Waals surface area contributed by atoms with Crippen molar-refractivity contribution in [3.05, 3.63) is 53.3 Å². The number of aliphatic hydroxyl groups is 1. The van der Waals surface area contributed by atoms with Gasteiger partial charge in [-0.05, 0) is 36.6 Å². The fraction of sp³-hybridized carbons (Fsp3) is 0.167. The predicted molar refractivity (Wildman–Crippen MR) is 56.6 cm³/mol. The third kappa shape index (κ3) is 2.48. The first-order chi connectivity index (χ1) is 6.11. The molecule has 0 unspecified atom stereocenters. The molecular weight excluding hydrogens is 160 g/mol. The number of aliphatic hydroxyl groups excluding tert-OH is 1. The SMILES string of the molecule is C=C(O)/C(C)=C/c1ccccc1C. The molecule has 0 aliphatic rings. The first kappa shape index (κ1) is 9.59. The van der Waals surface area contributed by atoms with E-state index in [0.29, 0.717) is 0 Å². The Balaban J connectivity index is 3.04. The topological polar surface area (TPSA) is 20.2 Å². The van der Waals surface area contributed by atoms with Gasteiger partial charge in [-0.15, -0.1) is 0 Å². The zero-order valence-electron chi connectivity index (χ0n) is 8.04. The Labute approximate surface area is 79.0 Å². The van der Waals surface area contributed by atoms with Gasteiger partial charge in [0.1, 0.15) is 5.76 Å². The summed E-state index contributed by atoms with van der Waals surface area (Å²) in [7, 11) is 0. The highest BCUT2D eigenvalue weighted by molar-refractivity contribution is 5.58. The van der Waals surface area contributed by atoms with Gasteiger partial charge in [-0.25, -0.2) is 0 Å². The summed E-state index contributed by atoms with van der Waals surface area (Å²) in [6, 6.07) is 8.03. The average Bonchev–Trinajstić information content (AvgIpc) is 2.08. The van der Waals surface area contributed by atoms with Gasteiger partial charge in [-0.1, -0.05) is 30.8 Å². The molecule has 0 saturated carbocycles. The molecule has 0 heterocycles. The molecule has 0 atom stereocenters. The molecule has 0 aliphatic heterocycles. The van der Waals surface area contributed by atoms with Crippen LogP contribution < -0.4 is 0 Å². The molecule has 0 amide bonds. The largest absolute Gasteiger partial charge is 0.508 e. The average molecular weight is 174 g/mol. The van der Waals surface area contributed by atoms with Crippen LogP contribution in [0.25, 0.3) is 6.08 Å². The van der Waals surface area contributed by atoms with Crippen molar-refractivity contribution < 1.29 is 5.11 Å². The van der Waals surface area contributed by atoms with Crippen LogP contribution in [0.5, 0.6) is 0 Å². The van der Waals surface area contributed by atoms with Crippen LogP contribution in [0.3, 0.4) is 0 Å². The lowest BCUT2D eigenvalue weighted by atomic mass is 10.1. The summed E-state index contributed by atoms with van der Waals surface area (Å²) >= 11 is 0. The van der Waals surface area contributed by atoms with Gasteiger partial charge in [0, 0.05) is 0 Å². The maximum absolute atomic E-state index is 9.11. The van der Waals surface area contributed by atoms with Crippen molar-refractivity contribution in [2.45, 2.75) is 13.8 Å². The standard InChI is InChI=1S/C12H14O/c1-9-6-4-5-7-12(9)8-10(2)11(3)13/h4-8,13H,3H2,1-2H3/b10-8+. The summed E-state index contributed by atoms with van der Waals surface area (Å²) in [4.78, 5) is 0. The monoisotopic (exact) mass is 174 g/mol. The summed E-state index contributed by atoms with van der Waals surface area (Å²) in [5.74, 6) is 0.128. The first-order valence-corrected chi connectivity index (χ1v) is 4.23. The zero-order valence-corrected chi connectivity index (χ0v) is 8.04. The van der Waals surface area contributed by atoms with Gasteiger partial charge in [0.25, 0.3) is 0 Å². The summed E-state index contributed by atoms with van der Waals surface area (Å²) in [5, 5.41) is 9.11. The van der Waals surface area contributed by atoms with E-state index in [4.69, 9.17) is 5.11 Å². The van der Waals surface area contributed by atoms with Crippen molar-refractivity contribution in [3.8, 4) is 0 Å². The number of rotatable bonds is 2. The Bertz CT molecular complexity index is 348. The van der Waals surface area contributed by atoms with Gasteiger partial charge in [-0.2, -0.15) is 0 Å². The predicted octanol–water partition coefficient (Wildman–Crippen LogP) is 3.47. The number of allylic oxidation sites excluding steroid dienone is 1. The van der Waals surface area contributed by atoms with E-state index in [1.807, 2.05) is 44.2 Å². The molecule has 0 saturated heterocycles. The molecule has 1 rings (SSSR count). The molecular formula is C12H14O. The third-order valence-corrected chi connectivity index (χ3v) is 2.02. The van der Waals surface area contributed by atoms with E-state index in [0.717, 1.165) is 11.1 Å². The highest BCUT2D eigenvalue weighted by Crippen LogP contribution is 2.14. The number of hydrogen-bond acceptors (Lipinski definition) is 1. The van der Waals surface area contributed by atoms with Gasteiger partial charge in [0.15, 0.2) is 0 Å². The van der Waals surface area contributed by atoms with Gasteiger partial charge in [-0.3, -0.25) is 0 Å². The number of aryl methyl sites for hydroxylation is 1. The van der Waals surface area contributed by atoms with Crippen molar-refractivity contribution in [1.29, 1.82) is 0 Å². The summed E-state index contributed by atoms with van der Waals surface area (Å²) in [6.45, 7) is 7.35. The summed E-state index contributed by atoms with van der Waals surface area (Å²) in [6.07, 6.45) is 1.93. The van der Waals surface area contributed by atoms with E-state index in [2.05, 4.69) is 6.58 Å². The molecule has 0 aromatic heterocycles. The first-order valence-electron chi connectivity index (χ1n) is 4.23. The van der Waals surface area contributed by atoms with Crippen molar-refractivity contribution in [2.75, 3.05) is 0 Å². The van der Waals surface area contributed by atoms with Gasteiger partial charge < -0.3 is 5.11 Å². The molecule has 0 aliphatic carbocycles. The van der Waals surface area contributed by atoms with Crippen LogP contribution in [0.2, 0.25) is 0 Å². The molecule has 1 nitrogen and oxygen atoms in total. The van der Waals surface area contributed by atoms with E-state index < -0.39 is 0 Å². The minimum atomic E-state index is 0.128. The molecule has 68 valence electrons. The van der Waals surface area contributed by atoms with Gasteiger partial charge in [0.2, 0.25) is 0 Å². The van der Waals surface area contributed by atoms with Crippen LogP contribution in [-0.4, -0.2) is 5.11 Å². The second-order valence-corrected chi connectivity index (χ2v) is 3.13. The molecule has 1 heteroatoms. The van der Waals surface area contributed by atoms with Crippen molar-refractivity contribution in [2.24, 2.45) is 0 Å². The van der Waals surface area contributed by atoms with E-state index in [-0.39, 0.29) is 5.76 Å². The Morgan fingerprint density at radius 2 is 2.00 bits per heavy atom. The van der Waals surface area contributed by atoms with Gasteiger partial charge >= 0.3 is 0 Å². The smallest absolute Gasteiger partial charge is 0.111 e. The second kappa shape index (κ2) is 3.94. The molecule has 0 spiro atoms. The molecule has 13 heavy (non-hydrogen) atoms. The lowest BCUT2D eigenvalue weighted by Gasteiger charge is -2.01. The Morgan fingerprint density at radius 3 is 2.54 bits per heavy atom. The second-order valence-electron chi connectivity index (χ2n) is 3.13. The lowest BCUT2D eigenvalue weighted by molar-refractivity contribution is 0.427. The van der Waals surface area contributed by atoms with Crippen molar-refractivity contribution >= 4 is 6.08 Å². The Kier molecular flexibility index (Phi) is 2.91. The number of benzene rings is 1. The minimum absolute atomic E-state index is 0.128. The highest BCUT2D eigenvalue weighted by atomic mass is 16.3. The van der Waals surface area contributed by atoms with Crippen molar-refractivity contribution in [1.82, 2.24) is 0 Å². The van der Waals surface area contributed by atoms with Crippen LogP contribution in [0.4, 0.5) is 0 Å². The van der Waals surface area contributed by atoms with E-state index >= 15 is 0 Å². The maximum Gasteiger partial charge on any atom is 0.111 e. The fourth-order valence-electron chi connectivity index (χ4n) is 1.07. The highest BCUT2D eigenvalue weighted by Gasteiger charge is 1.95. The molecule has 0 radical (unpaired) electrons. The zero-order chi connectivity index (χ0) is 9.84. The van der Waals surface area contributed by atoms with E-state index in [1.54, 1.807) is 0 Å². The normalized spacial score (nSPS) is 11.4. The van der Waals surface area contributed by atoms with E-state index in [1.165, 1.54) is 5.56 Å². The fourth-order valence-corrected chi connectivity index (χ4v) is 1.07. The van der Waals surface area contributed by atoms with Crippen LogP contribution in [0.1, 0.15) is 18.1 Å². The number of hydrogen-bond donors (Lipinski definition) is 1. The lowest BCUT2D eigenvalue weighted by Crippen LogP contribution is -1.83. The maximum atomic E-state index is 9.11. The van der Waals surface area contributed by atoms with E-state index in [9.17, 15) is 0 Å². The Morgan fingerprint density at radius 1 is 1.38 bits per heavy atom. The van der Waals surface area contributed by atoms with Crippen LogP contribution in [-0.2, 0) is 0 Å². The summed E-state index contributed by atoms with van der Waals surface area (Å²) in [5.41, 5.74) is 3.12. The summed E-state index contributed by atoms with van der Waals surface area (Å²) < 4.78 is 0.